The van der Waals surface area contributed by atoms with E-state index in [4.69, 9.17) is 35.4 Å². The molecule has 0 unspecified atom stereocenters. The Bertz CT molecular complexity index is 951. The molecule has 28 heavy (non-hydrogen) atoms. The number of nitrogens with zero attached hydrogens (tertiary/aromatic N) is 4. The number of hydrogen-bond donors (Lipinski definition) is 2. The minimum absolute atomic E-state index is 0.512. The number of anilines is 1. The molecule has 6 nitrogen and oxygen atoms in total. The largest absolute Gasteiger partial charge is 0.362 e. The van der Waals surface area contributed by atoms with Gasteiger partial charge in [0.25, 0.3) is 0 Å². The van der Waals surface area contributed by atoms with E-state index in [0.29, 0.717) is 29.0 Å². The molecule has 0 bridgehead atoms. The van der Waals surface area contributed by atoms with E-state index < -0.39 is 0 Å². The number of aryl methyl sites for hydroxylation is 2. The van der Waals surface area contributed by atoms with E-state index in [-0.39, 0.29) is 0 Å². The van der Waals surface area contributed by atoms with Crippen LogP contribution in [0.2, 0.25) is 10.0 Å². The Morgan fingerprint density at radius 2 is 1.93 bits per heavy atom. The first-order chi connectivity index (χ1) is 13.4. The van der Waals surface area contributed by atoms with Gasteiger partial charge in [0.05, 0.1) is 21.7 Å². The van der Waals surface area contributed by atoms with Crippen LogP contribution in [0.4, 0.5) is 5.82 Å². The third-order valence-electron chi connectivity index (χ3n) is 3.98. The zero-order valence-corrected chi connectivity index (χ0v) is 19.0. The molecule has 0 aliphatic rings. The first kappa shape index (κ1) is 21.1. The third kappa shape index (κ3) is 5.70. The maximum Gasteiger partial charge on any atom is 0.172 e. The maximum absolute atomic E-state index is 6.22. The van der Waals surface area contributed by atoms with Gasteiger partial charge in [-0.25, -0.2) is 0 Å². The van der Waals surface area contributed by atoms with Crippen LogP contribution in [0.3, 0.4) is 0 Å². The van der Waals surface area contributed by atoms with E-state index in [1.807, 2.05) is 48.3 Å². The molecule has 2 heterocycles. The predicted molar refractivity (Wildman–Crippen MR) is 121 cm³/mol. The van der Waals surface area contributed by atoms with Gasteiger partial charge in [0.1, 0.15) is 0 Å². The molecule has 0 aliphatic carbocycles. The van der Waals surface area contributed by atoms with Crippen LogP contribution in [0.25, 0.3) is 0 Å². The van der Waals surface area contributed by atoms with Crippen LogP contribution >= 0.6 is 51.3 Å². The van der Waals surface area contributed by atoms with Gasteiger partial charge in [0.2, 0.25) is 0 Å². The van der Waals surface area contributed by atoms with Crippen molar-refractivity contribution in [3.8, 4) is 0 Å². The van der Waals surface area contributed by atoms with Gasteiger partial charge < -0.3 is 10.6 Å². The summed E-state index contributed by atoms with van der Waals surface area (Å²) in [6.45, 7) is 3.94. The van der Waals surface area contributed by atoms with Crippen molar-refractivity contribution in [2.75, 3.05) is 11.9 Å². The zero-order valence-electron chi connectivity index (χ0n) is 15.1. The number of rotatable bonds is 7. The lowest BCUT2D eigenvalue weighted by Gasteiger charge is -2.09. The van der Waals surface area contributed by atoms with Gasteiger partial charge in [0.15, 0.2) is 10.9 Å². The van der Waals surface area contributed by atoms with Crippen molar-refractivity contribution in [3.05, 3.63) is 62.4 Å². The summed E-state index contributed by atoms with van der Waals surface area (Å²) >= 11 is 21.1. The van der Waals surface area contributed by atoms with Crippen LogP contribution in [0.15, 0.2) is 41.1 Å². The lowest BCUT2D eigenvalue weighted by molar-refractivity contribution is 0.570. The quantitative estimate of drug-likeness (QED) is 0.356. The highest BCUT2D eigenvalue weighted by molar-refractivity contribution is 9.10. The van der Waals surface area contributed by atoms with E-state index in [1.54, 1.807) is 4.68 Å². The van der Waals surface area contributed by atoms with Gasteiger partial charge in [-0.05, 0) is 53.1 Å². The van der Waals surface area contributed by atoms with Crippen molar-refractivity contribution >= 4 is 62.3 Å². The van der Waals surface area contributed by atoms with Crippen LogP contribution in [-0.4, -0.2) is 31.2 Å². The highest BCUT2D eigenvalue weighted by atomic mass is 79.9. The van der Waals surface area contributed by atoms with Gasteiger partial charge in [-0.15, -0.1) is 0 Å². The summed E-state index contributed by atoms with van der Waals surface area (Å²) in [6, 6.07) is 7.71. The molecule has 2 N–H and O–H groups in total. The molecular formula is C18H19BrCl2N6S. The molecule has 148 valence electrons. The van der Waals surface area contributed by atoms with Crippen LogP contribution in [0, 0.1) is 6.92 Å². The number of aromatic nitrogens is 4. The Labute approximate surface area is 187 Å². The summed E-state index contributed by atoms with van der Waals surface area (Å²) in [6.07, 6.45) is 4.58. The molecule has 0 saturated heterocycles. The van der Waals surface area contributed by atoms with Gasteiger partial charge >= 0.3 is 0 Å². The van der Waals surface area contributed by atoms with Crippen LogP contribution in [0.5, 0.6) is 0 Å². The van der Waals surface area contributed by atoms with E-state index in [2.05, 4.69) is 36.8 Å². The predicted octanol–water partition coefficient (Wildman–Crippen LogP) is 4.88. The SMILES string of the molecule is Cc1nn(CCCNC(=S)Nc2nn(Cc3ccccc3Cl)cc2Br)cc1Cl. The first-order valence-corrected chi connectivity index (χ1v) is 10.6. The molecule has 10 heteroatoms. The first-order valence-electron chi connectivity index (χ1n) is 8.63. The Morgan fingerprint density at radius 1 is 1.14 bits per heavy atom. The molecule has 0 amide bonds. The number of hydrogen-bond acceptors (Lipinski definition) is 3. The Morgan fingerprint density at radius 3 is 2.64 bits per heavy atom. The minimum Gasteiger partial charge on any atom is -0.362 e. The molecule has 2 aromatic heterocycles. The molecule has 1 aromatic carbocycles. The van der Waals surface area contributed by atoms with E-state index >= 15 is 0 Å². The van der Waals surface area contributed by atoms with Crippen molar-refractivity contribution in [1.29, 1.82) is 0 Å². The summed E-state index contributed by atoms with van der Waals surface area (Å²) < 4.78 is 4.47. The molecule has 0 aliphatic heterocycles. The van der Waals surface area contributed by atoms with Crippen LogP contribution < -0.4 is 10.6 Å². The second kappa shape index (κ2) is 9.73. The molecule has 0 atom stereocenters. The fraction of sp³-hybridized carbons (Fsp3) is 0.278. The summed E-state index contributed by atoms with van der Waals surface area (Å²) in [7, 11) is 0. The van der Waals surface area contributed by atoms with E-state index in [1.165, 1.54) is 0 Å². The van der Waals surface area contributed by atoms with Crippen LogP contribution in [-0.2, 0) is 13.1 Å². The summed E-state index contributed by atoms with van der Waals surface area (Å²) in [4.78, 5) is 0. The fourth-order valence-electron chi connectivity index (χ4n) is 2.57. The number of halogens is 3. The van der Waals surface area contributed by atoms with Crippen molar-refractivity contribution in [1.82, 2.24) is 24.9 Å². The monoisotopic (exact) mass is 500 g/mol. The summed E-state index contributed by atoms with van der Waals surface area (Å²) in [5.41, 5.74) is 1.84. The second-order valence-corrected chi connectivity index (χ2v) is 8.25. The van der Waals surface area contributed by atoms with Crippen molar-refractivity contribution in [2.24, 2.45) is 0 Å². The highest BCUT2D eigenvalue weighted by Gasteiger charge is 2.10. The topological polar surface area (TPSA) is 59.7 Å². The average molecular weight is 502 g/mol. The molecule has 0 fully saturated rings. The molecule has 0 spiro atoms. The van der Waals surface area contributed by atoms with Gasteiger partial charge in [-0.1, -0.05) is 41.4 Å². The molecular weight excluding hydrogens is 483 g/mol. The normalized spacial score (nSPS) is 10.9. The second-order valence-electron chi connectivity index (χ2n) is 6.17. The Hall–Kier alpha value is -1.61. The average Bonchev–Trinajstić information content (AvgIpc) is 3.15. The molecule has 0 saturated carbocycles. The van der Waals surface area contributed by atoms with Crippen LogP contribution in [0.1, 0.15) is 17.7 Å². The fourth-order valence-corrected chi connectivity index (χ4v) is 3.53. The lowest BCUT2D eigenvalue weighted by atomic mass is 10.2. The Kier molecular flexibility index (Phi) is 7.34. The summed E-state index contributed by atoms with van der Waals surface area (Å²) in [5.74, 6) is 0.652. The van der Waals surface area contributed by atoms with E-state index in [0.717, 1.165) is 33.7 Å². The Balaban J connectivity index is 1.47. The number of nitrogens with one attached hydrogen (secondary N) is 2. The van der Waals surface area contributed by atoms with Gasteiger partial charge in [-0.2, -0.15) is 10.2 Å². The maximum atomic E-state index is 6.22. The van der Waals surface area contributed by atoms with Gasteiger partial charge in [-0.3, -0.25) is 9.36 Å². The lowest BCUT2D eigenvalue weighted by Crippen LogP contribution is -2.30. The van der Waals surface area contributed by atoms with Crippen molar-refractivity contribution in [2.45, 2.75) is 26.4 Å². The summed E-state index contributed by atoms with van der Waals surface area (Å²) in [5, 5.41) is 17.0. The number of thiocarbonyl (C=S) groups is 1. The molecule has 0 radical (unpaired) electrons. The van der Waals surface area contributed by atoms with Crippen molar-refractivity contribution < 1.29 is 0 Å². The zero-order chi connectivity index (χ0) is 20.1. The molecule has 3 rings (SSSR count). The van der Waals surface area contributed by atoms with Crippen molar-refractivity contribution in [3.63, 3.8) is 0 Å². The third-order valence-corrected chi connectivity index (χ3v) is 5.54. The number of benzene rings is 1. The standard InChI is InChI=1S/C18H19BrCl2N6S/c1-12-16(21)11-26(24-12)8-4-7-22-18(28)23-17-14(19)10-27(25-17)9-13-5-2-3-6-15(13)20/h2-3,5-6,10-11H,4,7-9H2,1H3,(H2,22,23,25,28). The van der Waals surface area contributed by atoms with E-state index in [9.17, 15) is 0 Å². The molecule has 3 aromatic rings. The minimum atomic E-state index is 0.512. The highest BCUT2D eigenvalue weighted by Crippen LogP contribution is 2.22. The van der Waals surface area contributed by atoms with Gasteiger partial charge in [0, 0.05) is 30.5 Å². The smallest absolute Gasteiger partial charge is 0.172 e.